The molecule has 20 nitrogen and oxygen atoms in total. The molecule has 0 unspecified atom stereocenters. The summed E-state index contributed by atoms with van der Waals surface area (Å²) in [4.78, 5) is 64.7. The molecule has 10 rings (SSSR count). The van der Waals surface area contributed by atoms with Gasteiger partial charge in [0.2, 0.25) is 0 Å². The van der Waals surface area contributed by atoms with Crippen LogP contribution < -0.4 is 37.9 Å². The fourth-order valence-electron chi connectivity index (χ4n) is 16.3. The molecule has 0 fully saturated rings. The van der Waals surface area contributed by atoms with Gasteiger partial charge in [0, 0.05) is 71.8 Å². The Morgan fingerprint density at radius 1 is 0.199 bits per heavy atom. The smallest absolute Gasteiger partial charge is 0.338 e. The molecule has 20 heteroatoms. The zero-order chi connectivity index (χ0) is 94.8. The highest BCUT2D eigenvalue weighted by atomic mass is 16.5. The molecular formula is C116H158N8O12. The Balaban J connectivity index is 0.635. The molecule has 734 valence electrons. The summed E-state index contributed by atoms with van der Waals surface area (Å²) in [6.07, 6.45) is 67.9. The summed E-state index contributed by atoms with van der Waals surface area (Å²) in [6, 6.07) is 42.8. The third-order valence-electron chi connectivity index (χ3n) is 24.7. The average Bonchev–Trinajstić information content (AvgIpc) is 0.824. The maximum absolute atomic E-state index is 13.7. The van der Waals surface area contributed by atoms with Gasteiger partial charge in [-0.1, -0.05) is 156 Å². The molecule has 0 aliphatic heterocycles. The third kappa shape index (κ3) is 43.1. The lowest BCUT2D eigenvalue weighted by atomic mass is 10.1. The van der Waals surface area contributed by atoms with Crippen LogP contribution in [0.15, 0.2) is 183 Å². The molecule has 0 amide bonds. The van der Waals surface area contributed by atoms with Gasteiger partial charge in [-0.3, -0.25) is 0 Å². The zero-order valence-electron chi connectivity index (χ0n) is 82.8. The van der Waals surface area contributed by atoms with Crippen molar-refractivity contribution >= 4 is 11.9 Å². The predicted octanol–water partition coefficient (Wildman–Crippen LogP) is 29.8. The molecule has 0 atom stereocenters. The Morgan fingerprint density at radius 3 is 0.618 bits per heavy atom. The van der Waals surface area contributed by atoms with E-state index in [1.165, 1.54) is 176 Å². The Hall–Kier alpha value is -11.0. The van der Waals surface area contributed by atoms with Gasteiger partial charge in [-0.05, 0) is 335 Å². The highest BCUT2D eigenvalue weighted by molar-refractivity contribution is 5.91. The summed E-state index contributed by atoms with van der Waals surface area (Å²) in [7, 11) is 0. The van der Waals surface area contributed by atoms with Gasteiger partial charge in [0.1, 0.15) is 23.0 Å². The Kier molecular flexibility index (Phi) is 52.9. The van der Waals surface area contributed by atoms with Crippen molar-refractivity contribution < 1.29 is 57.0 Å². The Morgan fingerprint density at radius 2 is 0.390 bits per heavy atom. The molecule has 0 N–H and O–H groups in total. The van der Waals surface area contributed by atoms with Crippen LogP contribution in [-0.4, -0.2) is 118 Å². The zero-order valence-corrected chi connectivity index (χ0v) is 82.8. The fraction of sp³-hybridized carbons (Fsp3) is 0.534. The summed E-state index contributed by atoms with van der Waals surface area (Å²) in [5.41, 5.74) is 9.43. The number of unbranched alkanes of at least 4 members (excludes halogenated alkanes) is 35. The van der Waals surface area contributed by atoms with Crippen LogP contribution >= 0.6 is 0 Å². The molecule has 10 aromatic rings. The number of nitrogens with zero attached hydrogens (tertiary/aromatic N) is 8. The first-order valence-electron chi connectivity index (χ1n) is 52.5. The van der Waals surface area contributed by atoms with Crippen LogP contribution in [0.1, 0.15) is 353 Å². The number of aryl methyl sites for hydroxylation is 4. The van der Waals surface area contributed by atoms with Gasteiger partial charge in [0.25, 0.3) is 0 Å². The number of carbonyl (C=O) groups is 2. The van der Waals surface area contributed by atoms with Gasteiger partial charge >= 0.3 is 11.9 Å². The van der Waals surface area contributed by atoms with Gasteiger partial charge in [0.15, 0.2) is 46.3 Å². The maximum atomic E-state index is 13.7. The standard InChI is InChI=1S/C116H158N8O12/c1-5-9-13-17-21-35-49-93-85-117-111(118-86-93)97-53-63-103(64-54-97)127-73-39-25-29-43-77-131-107-71-61-101(83-109(107)133-79-45-31-27-41-75-129-105-67-57-99(58-68-105)113-121-89-95(90-122-113)51-37-23-19-15-11-7-3)115(125)135-81-47-33-34-48-82-136-116(126)102-62-72-108(132-78-44-30-26-40-74-128-104-65-55-98(56-66-104)112-119-87-94(88-120-112)50-36-22-18-14-10-6-2)110(84-102)134-80-46-32-28-42-76-130-106-69-59-100(60-70-106)114-123-91-96(92-124-114)52-38-24-20-16-12-8-4/h53-72,83-92H,5-52,73-82H2,1-4H3. The average molecular weight is 1860 g/mol. The summed E-state index contributed by atoms with van der Waals surface area (Å²) in [6.45, 7) is 13.9. The van der Waals surface area contributed by atoms with Crippen LogP contribution in [0.3, 0.4) is 0 Å². The van der Waals surface area contributed by atoms with E-state index in [0.717, 1.165) is 210 Å². The summed E-state index contributed by atoms with van der Waals surface area (Å²) in [5.74, 6) is 7.58. The van der Waals surface area contributed by atoms with Crippen molar-refractivity contribution in [1.29, 1.82) is 0 Å². The molecule has 0 aliphatic rings. The second-order valence-corrected chi connectivity index (χ2v) is 36.3. The quantitative estimate of drug-likeness (QED) is 0.0255. The molecule has 0 aliphatic carbocycles. The van der Waals surface area contributed by atoms with E-state index >= 15 is 0 Å². The molecule has 0 saturated heterocycles. The minimum Gasteiger partial charge on any atom is -0.494 e. The largest absolute Gasteiger partial charge is 0.494 e. The summed E-state index contributed by atoms with van der Waals surface area (Å²) in [5, 5.41) is 0. The van der Waals surface area contributed by atoms with Crippen LogP contribution in [-0.2, 0) is 35.2 Å². The number of aromatic nitrogens is 8. The molecule has 4 aromatic heterocycles. The van der Waals surface area contributed by atoms with Gasteiger partial charge < -0.3 is 47.4 Å². The van der Waals surface area contributed by atoms with Crippen molar-refractivity contribution in [3.05, 3.63) is 216 Å². The number of benzene rings is 6. The number of carbonyl (C=O) groups excluding carboxylic acids is 2. The van der Waals surface area contributed by atoms with Gasteiger partial charge in [-0.2, -0.15) is 0 Å². The highest BCUT2D eigenvalue weighted by Crippen LogP contribution is 2.34. The number of hydrogen-bond acceptors (Lipinski definition) is 20. The van der Waals surface area contributed by atoms with Crippen LogP contribution in [0.25, 0.3) is 45.6 Å². The summed E-state index contributed by atoms with van der Waals surface area (Å²) >= 11 is 0. The SMILES string of the molecule is CCCCCCCCc1cnc(-c2ccc(OCCCCCCOc3ccc(C(=O)OCCCCCCOC(=O)c4ccc(OCCCCCCOc5ccc(-c6ncc(CCCCCCCC)cn6)cc5)c(OCCCCCCOc5ccc(-c6ncc(CCCCCCCC)cn6)cc5)c4)cc3OCCCCCCOc3ccc(-c4ncc(CCCCCCCC)cn4)cc3)cc2)nc1. The van der Waals surface area contributed by atoms with Gasteiger partial charge in [0.05, 0.1) is 77.2 Å². The van der Waals surface area contributed by atoms with E-state index in [4.69, 9.17) is 47.4 Å². The van der Waals surface area contributed by atoms with Crippen LogP contribution in [0, 0.1) is 0 Å². The topological polar surface area (TPSA) is 230 Å². The summed E-state index contributed by atoms with van der Waals surface area (Å²) < 4.78 is 61.8. The highest BCUT2D eigenvalue weighted by Gasteiger charge is 2.18. The van der Waals surface area contributed by atoms with Crippen LogP contribution in [0.5, 0.6) is 46.0 Å². The third-order valence-corrected chi connectivity index (χ3v) is 24.7. The Labute approximate surface area is 814 Å². The van der Waals surface area contributed by atoms with Crippen molar-refractivity contribution in [2.45, 2.75) is 336 Å². The molecule has 0 saturated carbocycles. The van der Waals surface area contributed by atoms with E-state index in [1.54, 1.807) is 24.3 Å². The van der Waals surface area contributed by atoms with Gasteiger partial charge in [-0.15, -0.1) is 0 Å². The number of esters is 2. The van der Waals surface area contributed by atoms with E-state index in [1.807, 2.05) is 159 Å². The van der Waals surface area contributed by atoms with Crippen molar-refractivity contribution in [3.8, 4) is 91.5 Å². The van der Waals surface area contributed by atoms with Gasteiger partial charge in [-0.25, -0.2) is 49.5 Å². The van der Waals surface area contributed by atoms with Crippen molar-refractivity contribution in [2.75, 3.05) is 66.1 Å². The van der Waals surface area contributed by atoms with E-state index in [0.29, 0.717) is 99.8 Å². The van der Waals surface area contributed by atoms with Crippen molar-refractivity contribution in [1.82, 2.24) is 39.9 Å². The first-order chi connectivity index (χ1) is 67.2. The first-order valence-corrected chi connectivity index (χ1v) is 52.5. The van der Waals surface area contributed by atoms with Crippen molar-refractivity contribution in [2.24, 2.45) is 0 Å². The number of ether oxygens (including phenoxy) is 10. The monoisotopic (exact) mass is 1860 g/mol. The van der Waals surface area contributed by atoms with Crippen LogP contribution in [0.2, 0.25) is 0 Å². The maximum Gasteiger partial charge on any atom is 0.338 e. The lowest BCUT2D eigenvalue weighted by Gasteiger charge is -2.15. The number of hydrogen-bond donors (Lipinski definition) is 0. The first kappa shape index (κ1) is 107. The fourth-order valence-corrected chi connectivity index (χ4v) is 16.3. The molecular weight excluding hydrogens is 1700 g/mol. The van der Waals surface area contributed by atoms with E-state index in [9.17, 15) is 9.59 Å². The second kappa shape index (κ2) is 67.2. The lowest BCUT2D eigenvalue weighted by Crippen LogP contribution is -2.09. The Bertz CT molecular complexity index is 4490. The second-order valence-electron chi connectivity index (χ2n) is 36.3. The van der Waals surface area contributed by atoms with E-state index < -0.39 is 11.9 Å². The molecule has 6 aromatic carbocycles. The minimum absolute atomic E-state index is 0.247. The molecule has 0 radical (unpaired) electrons. The number of rotatable bonds is 77. The molecule has 0 bridgehead atoms. The minimum atomic E-state index is -0.426. The normalized spacial score (nSPS) is 11.2. The lowest BCUT2D eigenvalue weighted by molar-refractivity contribution is 0.0473. The van der Waals surface area contributed by atoms with E-state index in [-0.39, 0.29) is 13.2 Å². The van der Waals surface area contributed by atoms with Crippen LogP contribution in [0.4, 0.5) is 0 Å². The molecule has 0 spiro atoms. The van der Waals surface area contributed by atoms with E-state index in [2.05, 4.69) is 67.6 Å². The van der Waals surface area contributed by atoms with Crippen molar-refractivity contribution in [3.63, 3.8) is 0 Å². The predicted molar refractivity (Wildman–Crippen MR) is 548 cm³/mol. The molecule has 4 heterocycles. The molecule has 136 heavy (non-hydrogen) atoms.